The fraction of sp³-hybridized carbons (Fsp3) is 0. The molecule has 0 spiro atoms. The second kappa shape index (κ2) is 7.11. The first-order valence-corrected chi connectivity index (χ1v) is 8.37. The fourth-order valence-electron chi connectivity index (χ4n) is 2.31. The zero-order chi connectivity index (χ0) is 17.9. The number of rotatable bonds is 4. The molecule has 0 saturated heterocycles. The Bertz CT molecular complexity index is 1080. The first kappa shape index (κ1) is 16.5. The number of nitrogens with zero attached hydrogens (tertiary/aromatic N) is 4. The zero-order valence-corrected chi connectivity index (χ0v) is 14.7. The molecule has 0 radical (unpaired) electrons. The molecule has 0 saturated carbocycles. The van der Waals surface area contributed by atoms with E-state index in [0.29, 0.717) is 44.3 Å². The second-order valence-electron chi connectivity index (χ2n) is 5.26. The normalized spacial score (nSPS) is 10.7. The number of anilines is 2. The van der Waals surface area contributed by atoms with Gasteiger partial charge in [-0.1, -0.05) is 41.4 Å². The Morgan fingerprint density at radius 2 is 1.77 bits per heavy atom. The van der Waals surface area contributed by atoms with Gasteiger partial charge >= 0.3 is 0 Å². The minimum Gasteiger partial charge on any atom is -0.454 e. The molecule has 0 atom stereocenters. The predicted molar refractivity (Wildman–Crippen MR) is 101 cm³/mol. The number of fused-ring (bicyclic) bond motifs is 1. The van der Waals surface area contributed by atoms with E-state index < -0.39 is 0 Å². The van der Waals surface area contributed by atoms with E-state index in [9.17, 15) is 0 Å². The molecule has 0 fully saturated rings. The van der Waals surface area contributed by atoms with Gasteiger partial charge in [0.05, 0.1) is 16.7 Å². The average Bonchev–Trinajstić information content (AvgIpc) is 2.65. The van der Waals surface area contributed by atoms with Gasteiger partial charge in [0.15, 0.2) is 11.6 Å². The van der Waals surface area contributed by atoms with Gasteiger partial charge in [0, 0.05) is 6.07 Å². The van der Waals surface area contributed by atoms with Gasteiger partial charge in [-0.25, -0.2) is 19.9 Å². The first-order chi connectivity index (χ1) is 12.7. The molecule has 4 aromatic rings. The monoisotopic (exact) mass is 383 g/mol. The van der Waals surface area contributed by atoms with Crippen molar-refractivity contribution in [3.63, 3.8) is 0 Å². The molecule has 0 bridgehead atoms. The Kier molecular flexibility index (Phi) is 4.51. The summed E-state index contributed by atoms with van der Waals surface area (Å²) in [6, 6.07) is 14.4. The van der Waals surface area contributed by atoms with Crippen molar-refractivity contribution < 1.29 is 4.74 Å². The van der Waals surface area contributed by atoms with Crippen LogP contribution in [0.3, 0.4) is 0 Å². The number of ether oxygens (including phenoxy) is 1. The fourth-order valence-corrected chi connectivity index (χ4v) is 2.64. The predicted octanol–water partition coefficient (Wildman–Crippen LogP) is 5.26. The lowest BCUT2D eigenvalue weighted by Gasteiger charge is -2.10. The van der Waals surface area contributed by atoms with Crippen LogP contribution in [0.4, 0.5) is 11.6 Å². The maximum absolute atomic E-state index is 6.31. The molecular weight excluding hydrogens is 373 g/mol. The van der Waals surface area contributed by atoms with Crippen LogP contribution in [-0.4, -0.2) is 19.9 Å². The van der Waals surface area contributed by atoms with Gasteiger partial charge in [-0.2, -0.15) is 0 Å². The number of halogens is 2. The molecule has 8 heteroatoms. The van der Waals surface area contributed by atoms with Gasteiger partial charge in [-0.3, -0.25) is 0 Å². The van der Waals surface area contributed by atoms with Crippen LogP contribution in [0.15, 0.2) is 61.1 Å². The van der Waals surface area contributed by atoms with Crippen LogP contribution >= 0.6 is 23.2 Å². The lowest BCUT2D eigenvalue weighted by atomic mass is 10.3. The van der Waals surface area contributed by atoms with Crippen molar-refractivity contribution in [2.75, 3.05) is 5.32 Å². The lowest BCUT2D eigenvalue weighted by molar-refractivity contribution is 0.481. The van der Waals surface area contributed by atoms with Crippen LogP contribution in [0.25, 0.3) is 11.0 Å². The van der Waals surface area contributed by atoms with Gasteiger partial charge < -0.3 is 10.1 Å². The van der Waals surface area contributed by atoms with Gasteiger partial charge in [0.1, 0.15) is 28.6 Å². The summed E-state index contributed by atoms with van der Waals surface area (Å²) >= 11 is 12.3. The number of pyridine rings is 2. The van der Waals surface area contributed by atoms with Crippen molar-refractivity contribution in [2.45, 2.75) is 0 Å². The van der Waals surface area contributed by atoms with E-state index in [4.69, 9.17) is 27.9 Å². The summed E-state index contributed by atoms with van der Waals surface area (Å²) in [5, 5.41) is 3.85. The Morgan fingerprint density at radius 3 is 2.58 bits per heavy atom. The van der Waals surface area contributed by atoms with E-state index >= 15 is 0 Å². The van der Waals surface area contributed by atoms with E-state index in [-0.39, 0.29) is 0 Å². The quantitative estimate of drug-likeness (QED) is 0.484. The summed E-state index contributed by atoms with van der Waals surface area (Å²) in [6.07, 6.45) is 2.98. The molecule has 6 nitrogen and oxygen atoms in total. The van der Waals surface area contributed by atoms with Gasteiger partial charge in [-0.15, -0.1) is 0 Å². The molecule has 3 aromatic heterocycles. The summed E-state index contributed by atoms with van der Waals surface area (Å²) < 4.78 is 5.72. The Hall–Kier alpha value is -2.96. The van der Waals surface area contributed by atoms with Crippen LogP contribution in [-0.2, 0) is 0 Å². The molecule has 128 valence electrons. The standard InChI is InChI=1S/C18H11Cl2N5O/c19-12-8-16(21-9-14(12)26-11-4-2-1-3-5-11)25-18-17-13(22-10-23-18)6-7-15(20)24-17/h1-10H,(H,21,22,23,25). The van der Waals surface area contributed by atoms with Crippen molar-refractivity contribution in [2.24, 2.45) is 0 Å². The van der Waals surface area contributed by atoms with Crippen LogP contribution in [0, 0.1) is 0 Å². The molecule has 1 N–H and O–H groups in total. The molecule has 3 heterocycles. The maximum atomic E-state index is 6.31. The highest BCUT2D eigenvalue weighted by Crippen LogP contribution is 2.31. The summed E-state index contributed by atoms with van der Waals surface area (Å²) in [6.45, 7) is 0. The van der Waals surface area contributed by atoms with E-state index in [2.05, 4.69) is 25.3 Å². The number of para-hydroxylation sites is 1. The van der Waals surface area contributed by atoms with Crippen molar-refractivity contribution >= 4 is 45.9 Å². The first-order valence-electron chi connectivity index (χ1n) is 7.62. The third-order valence-electron chi connectivity index (χ3n) is 3.49. The largest absolute Gasteiger partial charge is 0.454 e. The molecule has 26 heavy (non-hydrogen) atoms. The van der Waals surface area contributed by atoms with E-state index in [0.717, 1.165) is 0 Å². The molecule has 4 rings (SSSR count). The van der Waals surface area contributed by atoms with Crippen molar-refractivity contribution in [1.82, 2.24) is 19.9 Å². The molecule has 0 aliphatic heterocycles. The Morgan fingerprint density at radius 1 is 0.923 bits per heavy atom. The zero-order valence-electron chi connectivity index (χ0n) is 13.2. The van der Waals surface area contributed by atoms with Crippen LogP contribution < -0.4 is 10.1 Å². The van der Waals surface area contributed by atoms with Crippen molar-refractivity contribution in [3.8, 4) is 11.5 Å². The summed E-state index contributed by atoms with van der Waals surface area (Å²) in [5.41, 5.74) is 1.21. The molecule has 0 amide bonds. The van der Waals surface area contributed by atoms with Crippen molar-refractivity contribution in [3.05, 3.63) is 71.2 Å². The Labute approximate surface area is 158 Å². The highest BCUT2D eigenvalue weighted by molar-refractivity contribution is 6.32. The van der Waals surface area contributed by atoms with Gasteiger partial charge in [0.25, 0.3) is 0 Å². The van der Waals surface area contributed by atoms with E-state index in [1.807, 2.05) is 30.3 Å². The average molecular weight is 384 g/mol. The summed E-state index contributed by atoms with van der Waals surface area (Å²) in [5.74, 6) is 2.12. The summed E-state index contributed by atoms with van der Waals surface area (Å²) in [4.78, 5) is 16.9. The lowest BCUT2D eigenvalue weighted by Crippen LogP contribution is -1.99. The SMILES string of the molecule is Clc1ccc2ncnc(Nc3cc(Cl)c(Oc4ccccc4)cn3)c2n1. The topological polar surface area (TPSA) is 72.8 Å². The Balaban J connectivity index is 1.62. The molecule has 0 aliphatic rings. The number of benzene rings is 1. The third-order valence-corrected chi connectivity index (χ3v) is 3.99. The molecule has 1 aromatic carbocycles. The minimum absolute atomic E-state index is 0.355. The number of aromatic nitrogens is 4. The van der Waals surface area contributed by atoms with Crippen LogP contribution in [0.1, 0.15) is 0 Å². The second-order valence-corrected chi connectivity index (χ2v) is 6.06. The summed E-state index contributed by atoms with van der Waals surface area (Å²) in [7, 11) is 0. The molecule has 0 unspecified atom stereocenters. The van der Waals surface area contributed by atoms with Gasteiger partial charge in [-0.05, 0) is 24.3 Å². The molecular formula is C18H11Cl2N5O. The highest BCUT2D eigenvalue weighted by atomic mass is 35.5. The third kappa shape index (κ3) is 3.51. The highest BCUT2D eigenvalue weighted by Gasteiger charge is 2.10. The number of hydrogen-bond donors (Lipinski definition) is 1. The number of nitrogens with one attached hydrogen (secondary N) is 1. The van der Waals surface area contributed by atoms with Crippen molar-refractivity contribution in [1.29, 1.82) is 0 Å². The van der Waals surface area contributed by atoms with E-state index in [1.54, 1.807) is 24.4 Å². The van der Waals surface area contributed by atoms with Crippen LogP contribution in [0.2, 0.25) is 10.2 Å². The minimum atomic E-state index is 0.355. The van der Waals surface area contributed by atoms with E-state index in [1.165, 1.54) is 6.33 Å². The smallest absolute Gasteiger partial charge is 0.164 e. The molecule has 0 aliphatic carbocycles. The van der Waals surface area contributed by atoms with Gasteiger partial charge in [0.2, 0.25) is 0 Å². The van der Waals surface area contributed by atoms with Crippen LogP contribution in [0.5, 0.6) is 11.5 Å². The maximum Gasteiger partial charge on any atom is 0.164 e. The number of hydrogen-bond acceptors (Lipinski definition) is 6.